The van der Waals surface area contributed by atoms with Crippen molar-refractivity contribution in [2.45, 2.75) is 44.1 Å². The van der Waals surface area contributed by atoms with Crippen LogP contribution in [0.15, 0.2) is 97.1 Å². The average molecular weight is 479 g/mol. The first kappa shape index (κ1) is 23.9. The van der Waals surface area contributed by atoms with Crippen LogP contribution < -0.4 is 0 Å². The number of aryl methyl sites for hydroxylation is 1. The minimum Gasteiger partial charge on any atom is -0.237 e. The molecule has 0 N–H and O–H groups in total. The predicted octanol–water partition coefficient (Wildman–Crippen LogP) is 9.26. The molecule has 0 aromatic heterocycles. The summed E-state index contributed by atoms with van der Waals surface area (Å²) in [5, 5.41) is 1.27. The number of fused-ring (bicyclic) bond motifs is 1. The summed E-state index contributed by atoms with van der Waals surface area (Å²) in [7, 11) is -0.914. The van der Waals surface area contributed by atoms with Crippen molar-refractivity contribution in [3.63, 3.8) is 0 Å². The molecular weight excluding hydrogens is 440 g/mol. The Morgan fingerprint density at radius 1 is 0.743 bits per heavy atom. The normalized spacial score (nSPS) is 18.8. The third-order valence-electron chi connectivity index (χ3n) is 8.32. The van der Waals surface area contributed by atoms with E-state index in [9.17, 15) is 0 Å². The van der Waals surface area contributed by atoms with Crippen LogP contribution in [0, 0.1) is 12.8 Å². The molecule has 0 heterocycles. The summed E-state index contributed by atoms with van der Waals surface area (Å²) in [6.45, 7) is 7.29. The van der Waals surface area contributed by atoms with Crippen molar-refractivity contribution in [1.29, 1.82) is 0 Å². The van der Waals surface area contributed by atoms with Gasteiger partial charge >= 0.3 is 0 Å². The Morgan fingerprint density at radius 3 is 1.97 bits per heavy atom. The van der Waals surface area contributed by atoms with Crippen molar-refractivity contribution in [2.75, 3.05) is 12.5 Å². The summed E-state index contributed by atoms with van der Waals surface area (Å²) in [5.74, 6) is 0.674. The highest BCUT2D eigenvalue weighted by Crippen LogP contribution is 2.65. The van der Waals surface area contributed by atoms with Gasteiger partial charge in [0.15, 0.2) is 0 Å². The fraction of sp³-hybridized carbons (Fsp3) is 0.294. The van der Waals surface area contributed by atoms with Crippen molar-refractivity contribution in [3.8, 4) is 22.3 Å². The second-order valence-electron chi connectivity index (χ2n) is 10.8. The molecule has 3 atom stereocenters. The molecule has 1 aliphatic rings. The first-order valence-corrected chi connectivity index (χ1v) is 15.5. The molecule has 0 fully saturated rings. The van der Waals surface area contributed by atoms with Crippen LogP contribution in [0.2, 0.25) is 0 Å². The standard InChI is InChI=1S/C34H38S/c1-24-14-12-19-29(27-15-8-6-9-16-27)32(24)23-26(3)35(4,5)34-25(2)22-33-30(20-13-21-31(33)34)28-17-10-7-11-18-28/h6-21,25-26,34H,22-23H2,1-5H3. The van der Waals surface area contributed by atoms with Gasteiger partial charge in [0.05, 0.1) is 0 Å². The molecule has 1 aliphatic carbocycles. The highest BCUT2D eigenvalue weighted by molar-refractivity contribution is 8.33. The number of hydrogen-bond donors (Lipinski definition) is 0. The Labute approximate surface area is 213 Å². The Hall–Kier alpha value is -2.77. The zero-order chi connectivity index (χ0) is 24.6. The largest absolute Gasteiger partial charge is 0.237 e. The van der Waals surface area contributed by atoms with Crippen LogP contribution in [0.4, 0.5) is 0 Å². The van der Waals surface area contributed by atoms with E-state index in [4.69, 9.17) is 0 Å². The van der Waals surface area contributed by atoms with E-state index in [0.717, 1.165) is 6.42 Å². The van der Waals surface area contributed by atoms with Crippen LogP contribution in [0.1, 0.15) is 41.4 Å². The van der Waals surface area contributed by atoms with Gasteiger partial charge < -0.3 is 0 Å². The third-order valence-corrected chi connectivity index (χ3v) is 12.6. The van der Waals surface area contributed by atoms with Gasteiger partial charge in [0, 0.05) is 5.25 Å². The molecule has 0 saturated heterocycles. The molecule has 180 valence electrons. The summed E-state index contributed by atoms with van der Waals surface area (Å²) < 4.78 is 0. The third kappa shape index (κ3) is 4.47. The molecule has 5 rings (SSSR count). The van der Waals surface area contributed by atoms with Crippen molar-refractivity contribution < 1.29 is 0 Å². The topological polar surface area (TPSA) is 0 Å². The lowest BCUT2D eigenvalue weighted by Crippen LogP contribution is -2.24. The summed E-state index contributed by atoms with van der Waals surface area (Å²) in [4.78, 5) is 0. The fourth-order valence-corrected chi connectivity index (χ4v) is 9.53. The van der Waals surface area contributed by atoms with E-state index in [-0.39, 0.29) is 0 Å². The second-order valence-corrected chi connectivity index (χ2v) is 15.1. The van der Waals surface area contributed by atoms with Crippen molar-refractivity contribution in [1.82, 2.24) is 0 Å². The highest BCUT2D eigenvalue weighted by atomic mass is 32.3. The maximum absolute atomic E-state index is 2.60. The molecule has 0 saturated carbocycles. The van der Waals surface area contributed by atoms with Gasteiger partial charge in [-0.3, -0.25) is 0 Å². The van der Waals surface area contributed by atoms with E-state index < -0.39 is 10.0 Å². The second kappa shape index (κ2) is 9.70. The lowest BCUT2D eigenvalue weighted by atomic mass is 9.93. The van der Waals surface area contributed by atoms with E-state index in [0.29, 0.717) is 16.4 Å². The Morgan fingerprint density at radius 2 is 1.31 bits per heavy atom. The Balaban J connectivity index is 1.49. The van der Waals surface area contributed by atoms with E-state index in [1.807, 2.05) is 0 Å². The molecule has 35 heavy (non-hydrogen) atoms. The van der Waals surface area contributed by atoms with E-state index >= 15 is 0 Å². The minimum atomic E-state index is -0.914. The van der Waals surface area contributed by atoms with Gasteiger partial charge in [-0.15, -0.1) is 0 Å². The molecule has 0 aliphatic heterocycles. The maximum Gasteiger partial charge on any atom is 0.0169 e. The number of hydrogen-bond acceptors (Lipinski definition) is 0. The molecule has 0 amide bonds. The Bertz CT molecular complexity index is 1300. The molecule has 4 aromatic rings. The summed E-state index contributed by atoms with van der Waals surface area (Å²) in [5.41, 5.74) is 11.7. The molecule has 1 heteroatoms. The van der Waals surface area contributed by atoms with E-state index in [2.05, 4.69) is 130 Å². The van der Waals surface area contributed by atoms with Crippen molar-refractivity contribution in [2.24, 2.45) is 5.92 Å². The zero-order valence-corrected chi connectivity index (χ0v) is 22.6. The lowest BCUT2D eigenvalue weighted by molar-refractivity contribution is 0.607. The van der Waals surface area contributed by atoms with Gasteiger partial charge in [-0.05, 0) is 88.0 Å². The van der Waals surface area contributed by atoms with Crippen LogP contribution in [-0.2, 0) is 12.8 Å². The van der Waals surface area contributed by atoms with Gasteiger partial charge in [0.2, 0.25) is 0 Å². The van der Waals surface area contributed by atoms with Gasteiger partial charge in [0.25, 0.3) is 0 Å². The average Bonchev–Trinajstić information content (AvgIpc) is 3.22. The van der Waals surface area contributed by atoms with Gasteiger partial charge in [-0.2, -0.15) is 0 Å². The zero-order valence-electron chi connectivity index (χ0n) is 21.8. The van der Waals surface area contributed by atoms with Crippen LogP contribution >= 0.6 is 10.0 Å². The molecular formula is C34H38S. The van der Waals surface area contributed by atoms with Crippen LogP contribution in [0.3, 0.4) is 0 Å². The van der Waals surface area contributed by atoms with Gasteiger partial charge in [-0.1, -0.05) is 111 Å². The van der Waals surface area contributed by atoms with Gasteiger partial charge in [-0.25, -0.2) is 10.0 Å². The SMILES string of the molecule is Cc1cccc(-c2ccccc2)c1CC(C)S(C)(C)C1c2cccc(-c3ccccc3)c2CC1C. The molecule has 0 nitrogen and oxygen atoms in total. The van der Waals surface area contributed by atoms with Gasteiger partial charge in [0.1, 0.15) is 0 Å². The predicted molar refractivity (Wildman–Crippen MR) is 157 cm³/mol. The quantitative estimate of drug-likeness (QED) is 0.259. The van der Waals surface area contributed by atoms with E-state index in [1.54, 1.807) is 11.1 Å². The van der Waals surface area contributed by atoms with Crippen LogP contribution in [0.5, 0.6) is 0 Å². The van der Waals surface area contributed by atoms with Crippen LogP contribution in [-0.4, -0.2) is 17.8 Å². The Kier molecular flexibility index (Phi) is 6.64. The van der Waals surface area contributed by atoms with Crippen molar-refractivity contribution >= 4 is 10.0 Å². The summed E-state index contributed by atoms with van der Waals surface area (Å²) >= 11 is 0. The first-order valence-electron chi connectivity index (χ1n) is 12.9. The summed E-state index contributed by atoms with van der Waals surface area (Å²) in [6.07, 6.45) is 7.52. The fourth-order valence-electron chi connectivity index (χ4n) is 6.26. The molecule has 0 radical (unpaired) electrons. The smallest absolute Gasteiger partial charge is 0.0169 e. The minimum absolute atomic E-state index is 0.629. The monoisotopic (exact) mass is 478 g/mol. The van der Waals surface area contributed by atoms with E-state index in [1.165, 1.54) is 39.8 Å². The molecule has 3 unspecified atom stereocenters. The number of benzene rings is 4. The first-order chi connectivity index (χ1) is 16.9. The summed E-state index contributed by atoms with van der Waals surface area (Å²) in [6, 6.07) is 35.7. The molecule has 0 spiro atoms. The molecule has 0 bridgehead atoms. The lowest BCUT2D eigenvalue weighted by Gasteiger charge is -2.46. The van der Waals surface area contributed by atoms with Crippen molar-refractivity contribution in [3.05, 3.63) is 119 Å². The van der Waals surface area contributed by atoms with Crippen LogP contribution in [0.25, 0.3) is 22.3 Å². The molecule has 4 aromatic carbocycles. The highest BCUT2D eigenvalue weighted by Gasteiger charge is 2.41. The number of rotatable bonds is 6. The maximum atomic E-state index is 2.60.